The van der Waals surface area contributed by atoms with E-state index in [0.29, 0.717) is 35.3 Å². The van der Waals surface area contributed by atoms with Crippen LogP contribution in [0, 0.1) is 5.92 Å². The largest absolute Gasteiger partial charge is 0.493 e. The van der Waals surface area contributed by atoms with Gasteiger partial charge in [0.15, 0.2) is 11.5 Å². The van der Waals surface area contributed by atoms with Gasteiger partial charge in [0, 0.05) is 19.5 Å². The second-order valence-corrected chi connectivity index (χ2v) is 6.67. The van der Waals surface area contributed by atoms with Crippen molar-refractivity contribution in [2.45, 2.75) is 13.0 Å². The smallest absolute Gasteiger partial charge is 0.227 e. The Morgan fingerprint density at radius 2 is 1.93 bits per heavy atom. The van der Waals surface area contributed by atoms with Crippen molar-refractivity contribution in [3.8, 4) is 11.5 Å². The number of benzene rings is 2. The SMILES string of the molecule is COc1ccc(CNC(=O)[C@H]2CC(=O)N(c3ccccc3Cl)C2)cc1OC. The lowest BCUT2D eigenvalue weighted by molar-refractivity contribution is -0.126. The minimum atomic E-state index is -0.408. The number of amides is 2. The summed E-state index contributed by atoms with van der Waals surface area (Å²) < 4.78 is 10.5. The average molecular weight is 389 g/mol. The third-order valence-electron chi connectivity index (χ3n) is 4.55. The normalized spacial score (nSPS) is 16.3. The second-order valence-electron chi connectivity index (χ2n) is 6.26. The van der Waals surface area contributed by atoms with Gasteiger partial charge in [0.25, 0.3) is 0 Å². The molecule has 2 amide bonds. The van der Waals surface area contributed by atoms with Crippen molar-refractivity contribution in [1.29, 1.82) is 0 Å². The molecule has 2 aromatic carbocycles. The van der Waals surface area contributed by atoms with Gasteiger partial charge in [0.1, 0.15) is 0 Å². The van der Waals surface area contributed by atoms with Crippen molar-refractivity contribution in [2.24, 2.45) is 5.92 Å². The van der Waals surface area contributed by atoms with E-state index in [2.05, 4.69) is 5.32 Å². The van der Waals surface area contributed by atoms with Gasteiger partial charge >= 0.3 is 0 Å². The van der Waals surface area contributed by atoms with Crippen molar-refractivity contribution >= 4 is 29.1 Å². The molecule has 1 heterocycles. The lowest BCUT2D eigenvalue weighted by atomic mass is 10.1. The Kier molecular flexibility index (Phi) is 5.86. The Morgan fingerprint density at radius 1 is 1.19 bits per heavy atom. The number of halogens is 1. The van der Waals surface area contributed by atoms with Gasteiger partial charge in [-0.3, -0.25) is 9.59 Å². The van der Waals surface area contributed by atoms with E-state index in [9.17, 15) is 9.59 Å². The third kappa shape index (κ3) is 4.17. The molecule has 6 nitrogen and oxygen atoms in total. The standard InChI is InChI=1S/C20H21ClN2O4/c1-26-17-8-7-13(9-18(17)27-2)11-22-20(25)14-10-19(24)23(12-14)16-6-4-3-5-15(16)21/h3-9,14H,10-12H2,1-2H3,(H,22,25)/t14-/m0/s1. The van der Waals surface area contributed by atoms with E-state index in [1.54, 1.807) is 43.4 Å². The molecule has 1 atom stereocenters. The molecule has 1 saturated heterocycles. The van der Waals surface area contributed by atoms with Gasteiger partial charge in [0.2, 0.25) is 11.8 Å². The topological polar surface area (TPSA) is 67.9 Å². The molecular weight excluding hydrogens is 368 g/mol. The summed E-state index contributed by atoms with van der Waals surface area (Å²) in [4.78, 5) is 26.4. The van der Waals surface area contributed by atoms with E-state index in [-0.39, 0.29) is 18.2 Å². The molecule has 27 heavy (non-hydrogen) atoms. The van der Waals surface area contributed by atoms with Gasteiger partial charge in [-0.25, -0.2) is 0 Å². The first-order chi connectivity index (χ1) is 13.0. The molecule has 1 fully saturated rings. The van der Waals surface area contributed by atoms with Crippen LogP contribution in [0.25, 0.3) is 0 Å². The molecule has 1 aliphatic heterocycles. The van der Waals surface area contributed by atoms with Crippen LogP contribution in [-0.4, -0.2) is 32.6 Å². The van der Waals surface area contributed by atoms with Crippen LogP contribution >= 0.6 is 11.6 Å². The molecule has 0 aliphatic carbocycles. The number of hydrogen-bond acceptors (Lipinski definition) is 4. The highest BCUT2D eigenvalue weighted by Gasteiger charge is 2.35. The van der Waals surface area contributed by atoms with Crippen LogP contribution in [0.4, 0.5) is 5.69 Å². The molecule has 2 aromatic rings. The highest BCUT2D eigenvalue weighted by Crippen LogP contribution is 2.31. The predicted molar refractivity (Wildman–Crippen MR) is 103 cm³/mol. The fraction of sp³-hybridized carbons (Fsp3) is 0.300. The lowest BCUT2D eigenvalue weighted by Crippen LogP contribution is -2.32. The summed E-state index contributed by atoms with van der Waals surface area (Å²) >= 11 is 6.17. The maximum absolute atomic E-state index is 12.5. The summed E-state index contributed by atoms with van der Waals surface area (Å²) in [7, 11) is 3.13. The number of rotatable bonds is 6. The number of hydrogen-bond donors (Lipinski definition) is 1. The molecule has 0 bridgehead atoms. The summed E-state index contributed by atoms with van der Waals surface area (Å²) in [6.07, 6.45) is 0.170. The zero-order valence-corrected chi connectivity index (χ0v) is 16.0. The van der Waals surface area contributed by atoms with Crippen LogP contribution in [0.15, 0.2) is 42.5 Å². The summed E-state index contributed by atoms with van der Waals surface area (Å²) in [5.74, 6) is 0.561. The minimum Gasteiger partial charge on any atom is -0.493 e. The average Bonchev–Trinajstić information content (AvgIpc) is 3.07. The van der Waals surface area contributed by atoms with E-state index < -0.39 is 5.92 Å². The summed E-state index contributed by atoms with van der Waals surface area (Å²) in [6, 6.07) is 12.6. The Bertz CT molecular complexity index is 856. The highest BCUT2D eigenvalue weighted by molar-refractivity contribution is 6.33. The molecule has 0 radical (unpaired) electrons. The van der Waals surface area contributed by atoms with Crippen molar-refractivity contribution in [3.63, 3.8) is 0 Å². The third-order valence-corrected chi connectivity index (χ3v) is 4.87. The van der Waals surface area contributed by atoms with Crippen molar-refractivity contribution < 1.29 is 19.1 Å². The fourth-order valence-corrected chi connectivity index (χ4v) is 3.35. The van der Waals surface area contributed by atoms with Crippen molar-refractivity contribution in [3.05, 3.63) is 53.1 Å². The number of carbonyl (C=O) groups is 2. The van der Waals surface area contributed by atoms with Crippen LogP contribution in [0.3, 0.4) is 0 Å². The van der Waals surface area contributed by atoms with E-state index in [4.69, 9.17) is 21.1 Å². The van der Waals surface area contributed by atoms with E-state index in [0.717, 1.165) is 5.56 Å². The number of carbonyl (C=O) groups excluding carboxylic acids is 2. The first-order valence-electron chi connectivity index (χ1n) is 8.57. The fourth-order valence-electron chi connectivity index (χ4n) is 3.11. The van der Waals surface area contributed by atoms with Crippen LogP contribution in [0.2, 0.25) is 5.02 Å². The molecule has 1 N–H and O–H groups in total. The number of anilines is 1. The van der Waals surface area contributed by atoms with Crippen LogP contribution < -0.4 is 19.7 Å². The first-order valence-corrected chi connectivity index (χ1v) is 8.94. The Hall–Kier alpha value is -2.73. The molecule has 0 unspecified atom stereocenters. The number of nitrogens with one attached hydrogen (secondary N) is 1. The van der Waals surface area contributed by atoms with Gasteiger partial charge in [-0.05, 0) is 29.8 Å². The van der Waals surface area contributed by atoms with Crippen LogP contribution in [0.5, 0.6) is 11.5 Å². The van der Waals surface area contributed by atoms with Crippen LogP contribution in [0.1, 0.15) is 12.0 Å². The van der Waals surface area contributed by atoms with Gasteiger partial charge in [-0.2, -0.15) is 0 Å². The van der Waals surface area contributed by atoms with E-state index in [1.807, 2.05) is 18.2 Å². The quantitative estimate of drug-likeness (QED) is 0.826. The van der Waals surface area contributed by atoms with E-state index >= 15 is 0 Å². The van der Waals surface area contributed by atoms with Crippen molar-refractivity contribution in [1.82, 2.24) is 5.32 Å². The molecule has 0 saturated carbocycles. The molecule has 142 valence electrons. The van der Waals surface area contributed by atoms with Gasteiger partial charge in [0.05, 0.1) is 30.8 Å². The number of methoxy groups -OCH3 is 2. The summed E-state index contributed by atoms with van der Waals surface area (Å²) in [6.45, 7) is 0.663. The monoisotopic (exact) mass is 388 g/mol. The molecule has 3 rings (SSSR count). The molecule has 1 aliphatic rings. The van der Waals surface area contributed by atoms with Gasteiger partial charge < -0.3 is 19.7 Å². The zero-order valence-electron chi connectivity index (χ0n) is 15.2. The Balaban J connectivity index is 1.62. The number of nitrogens with zero attached hydrogens (tertiary/aromatic N) is 1. The molecular formula is C20H21ClN2O4. The van der Waals surface area contributed by atoms with Crippen molar-refractivity contribution in [2.75, 3.05) is 25.7 Å². The van der Waals surface area contributed by atoms with Crippen LogP contribution in [-0.2, 0) is 16.1 Å². The molecule has 0 spiro atoms. The highest BCUT2D eigenvalue weighted by atomic mass is 35.5. The first kappa shape index (κ1) is 19.0. The Labute approximate surface area is 163 Å². The summed E-state index contributed by atoms with van der Waals surface area (Å²) in [5, 5.41) is 3.39. The zero-order chi connectivity index (χ0) is 19.4. The summed E-state index contributed by atoms with van der Waals surface area (Å²) in [5.41, 5.74) is 1.52. The predicted octanol–water partition coefficient (Wildman–Crippen LogP) is 3.03. The number of ether oxygens (including phenoxy) is 2. The van der Waals surface area contributed by atoms with Gasteiger partial charge in [-0.15, -0.1) is 0 Å². The molecule has 0 aromatic heterocycles. The molecule has 7 heteroatoms. The Morgan fingerprint density at radius 3 is 2.63 bits per heavy atom. The van der Waals surface area contributed by atoms with E-state index in [1.165, 1.54) is 0 Å². The number of para-hydroxylation sites is 1. The second kappa shape index (κ2) is 8.31. The maximum Gasteiger partial charge on any atom is 0.227 e. The van der Waals surface area contributed by atoms with Gasteiger partial charge in [-0.1, -0.05) is 29.8 Å². The lowest BCUT2D eigenvalue weighted by Gasteiger charge is -2.18. The maximum atomic E-state index is 12.5. The minimum absolute atomic E-state index is 0.102.